The van der Waals surface area contributed by atoms with E-state index in [1.165, 1.54) is 0 Å². The van der Waals surface area contributed by atoms with Crippen molar-refractivity contribution in [2.75, 3.05) is 19.7 Å². The van der Waals surface area contributed by atoms with Crippen LogP contribution in [0.25, 0.3) is 0 Å². The number of aliphatic hydroxyl groups is 2. The second kappa shape index (κ2) is 5.75. The van der Waals surface area contributed by atoms with E-state index in [0.717, 1.165) is 13.0 Å². The predicted molar refractivity (Wildman–Crippen MR) is 72.7 cm³/mol. The molecule has 0 aromatic heterocycles. The summed E-state index contributed by atoms with van der Waals surface area (Å²) in [6.45, 7) is 2.90. The van der Waals surface area contributed by atoms with Gasteiger partial charge in [-0.25, -0.2) is 4.39 Å². The van der Waals surface area contributed by atoms with E-state index in [9.17, 15) is 14.6 Å². The lowest BCUT2D eigenvalue weighted by atomic mass is 9.93. The number of halogens is 2. The molecule has 0 aliphatic carbocycles. The van der Waals surface area contributed by atoms with Gasteiger partial charge in [-0.05, 0) is 37.9 Å². The lowest BCUT2D eigenvalue weighted by Crippen LogP contribution is -2.50. The summed E-state index contributed by atoms with van der Waals surface area (Å²) in [7, 11) is 0. The van der Waals surface area contributed by atoms with Crippen molar-refractivity contribution in [1.82, 2.24) is 4.90 Å². The number of rotatable bonds is 3. The molecule has 0 saturated carbocycles. The Hall–Kier alpha value is -0.680. The van der Waals surface area contributed by atoms with Gasteiger partial charge in [0.2, 0.25) is 0 Å². The fourth-order valence-corrected chi connectivity index (χ4v) is 2.76. The van der Waals surface area contributed by atoms with Gasteiger partial charge >= 0.3 is 0 Å². The van der Waals surface area contributed by atoms with E-state index >= 15 is 0 Å². The smallest absolute Gasteiger partial charge is 0.132 e. The van der Waals surface area contributed by atoms with Crippen molar-refractivity contribution in [3.05, 3.63) is 34.1 Å². The molecule has 2 N–H and O–H groups in total. The van der Waals surface area contributed by atoms with Crippen LogP contribution in [0.3, 0.4) is 0 Å². The molecule has 1 aromatic carbocycles. The van der Waals surface area contributed by atoms with Gasteiger partial charge in [0, 0.05) is 23.7 Å². The van der Waals surface area contributed by atoms with Crippen LogP contribution in [0, 0.1) is 12.7 Å². The number of hydrogen-bond acceptors (Lipinski definition) is 3. The minimum atomic E-state index is -1.08. The molecule has 2 rings (SSSR count). The van der Waals surface area contributed by atoms with Crippen molar-refractivity contribution in [3.8, 4) is 0 Å². The number of piperidine rings is 1. The second-order valence-corrected chi connectivity index (χ2v) is 5.76. The zero-order valence-electron chi connectivity index (χ0n) is 11.0. The average molecular weight is 288 g/mol. The number of aryl methyl sites for hydroxylation is 1. The fourth-order valence-electron chi connectivity index (χ4n) is 2.55. The number of nitrogens with zero attached hydrogens (tertiary/aromatic N) is 1. The molecule has 1 aliphatic heterocycles. The molecule has 0 amide bonds. The Morgan fingerprint density at radius 2 is 2.21 bits per heavy atom. The lowest BCUT2D eigenvalue weighted by Gasteiger charge is -2.38. The molecule has 106 valence electrons. The van der Waals surface area contributed by atoms with Gasteiger partial charge in [-0.1, -0.05) is 17.7 Å². The van der Waals surface area contributed by atoms with E-state index in [1.807, 2.05) is 4.90 Å². The maximum atomic E-state index is 14.1. The number of hydrogen-bond donors (Lipinski definition) is 2. The molecule has 1 aliphatic rings. The molecule has 1 atom stereocenters. The van der Waals surface area contributed by atoms with Gasteiger partial charge in [0.25, 0.3) is 0 Å². The van der Waals surface area contributed by atoms with E-state index in [1.54, 1.807) is 19.1 Å². The Morgan fingerprint density at radius 3 is 2.89 bits per heavy atom. The van der Waals surface area contributed by atoms with Gasteiger partial charge in [0.1, 0.15) is 11.4 Å². The molecule has 1 aromatic rings. The molecule has 3 nitrogen and oxygen atoms in total. The highest BCUT2D eigenvalue weighted by molar-refractivity contribution is 6.31. The molecule has 1 saturated heterocycles. The van der Waals surface area contributed by atoms with Crippen LogP contribution in [0.1, 0.15) is 24.0 Å². The van der Waals surface area contributed by atoms with Gasteiger partial charge < -0.3 is 10.2 Å². The van der Waals surface area contributed by atoms with Crippen LogP contribution < -0.4 is 0 Å². The summed E-state index contributed by atoms with van der Waals surface area (Å²) >= 11 is 6.05. The number of likely N-dealkylation sites (tertiary alicyclic amines) is 1. The summed E-state index contributed by atoms with van der Waals surface area (Å²) in [5.41, 5.74) is -0.0527. The zero-order chi connectivity index (χ0) is 14.0. The van der Waals surface area contributed by atoms with Crippen LogP contribution in [0.4, 0.5) is 4.39 Å². The fraction of sp³-hybridized carbons (Fsp3) is 0.571. The van der Waals surface area contributed by atoms with Crippen LogP contribution in [0.2, 0.25) is 5.02 Å². The van der Waals surface area contributed by atoms with Gasteiger partial charge in [-0.15, -0.1) is 0 Å². The summed E-state index contributed by atoms with van der Waals surface area (Å²) in [6, 6.07) is 3.35. The van der Waals surface area contributed by atoms with Crippen LogP contribution in [0.5, 0.6) is 0 Å². The van der Waals surface area contributed by atoms with Gasteiger partial charge in [0.15, 0.2) is 0 Å². The predicted octanol–water partition coefficient (Wildman–Crippen LogP) is 2.11. The van der Waals surface area contributed by atoms with Crippen molar-refractivity contribution >= 4 is 11.6 Å². The van der Waals surface area contributed by atoms with E-state index < -0.39 is 5.60 Å². The highest BCUT2D eigenvalue weighted by Crippen LogP contribution is 2.27. The van der Waals surface area contributed by atoms with Gasteiger partial charge in [-0.3, -0.25) is 4.90 Å². The molecule has 5 heteroatoms. The molecule has 19 heavy (non-hydrogen) atoms. The standard InChI is InChI=1S/C14H19ClFNO2/c1-10-3-4-12(15)11(13(10)16)7-17-6-2-5-14(19,8-17)9-18/h3-4,18-19H,2,5-9H2,1H3/t14-/m0/s1. The minimum Gasteiger partial charge on any atom is -0.393 e. The minimum absolute atomic E-state index is 0.270. The highest BCUT2D eigenvalue weighted by Gasteiger charge is 2.33. The SMILES string of the molecule is Cc1ccc(Cl)c(CN2CCC[C@@](O)(CO)C2)c1F. The van der Waals surface area contributed by atoms with Crippen molar-refractivity contribution in [3.63, 3.8) is 0 Å². The molecular weight excluding hydrogens is 269 g/mol. The normalized spacial score (nSPS) is 24.7. The van der Waals surface area contributed by atoms with Crippen molar-refractivity contribution in [1.29, 1.82) is 0 Å². The Labute approximate surface area is 117 Å². The van der Waals surface area contributed by atoms with E-state index in [-0.39, 0.29) is 12.4 Å². The Morgan fingerprint density at radius 1 is 1.47 bits per heavy atom. The molecule has 0 radical (unpaired) electrons. The third-order valence-electron chi connectivity index (χ3n) is 3.69. The number of β-amino-alcohol motifs (C(OH)–C–C–N with tert-alkyl or cyclic N) is 1. The second-order valence-electron chi connectivity index (χ2n) is 5.35. The summed E-state index contributed by atoms with van der Waals surface area (Å²) in [4.78, 5) is 1.93. The first kappa shape index (κ1) is 14.7. The van der Waals surface area contributed by atoms with Crippen molar-refractivity contribution in [2.24, 2.45) is 0 Å². The summed E-state index contributed by atoms with van der Waals surface area (Å²) in [6.07, 6.45) is 1.35. The average Bonchev–Trinajstić information content (AvgIpc) is 2.39. The maximum absolute atomic E-state index is 14.1. The van der Waals surface area contributed by atoms with Crippen LogP contribution in [0.15, 0.2) is 12.1 Å². The molecule has 0 bridgehead atoms. The third-order valence-corrected chi connectivity index (χ3v) is 4.04. The summed E-state index contributed by atoms with van der Waals surface area (Å²) < 4.78 is 14.1. The highest BCUT2D eigenvalue weighted by atomic mass is 35.5. The topological polar surface area (TPSA) is 43.7 Å². The van der Waals surface area contributed by atoms with E-state index in [2.05, 4.69) is 0 Å². The Bertz CT molecular complexity index is 469. The summed E-state index contributed by atoms with van der Waals surface area (Å²) in [5, 5.41) is 19.7. The van der Waals surface area contributed by atoms with Crippen LogP contribution in [-0.4, -0.2) is 40.4 Å². The molecule has 1 heterocycles. The molecule has 0 spiro atoms. The van der Waals surface area contributed by atoms with E-state index in [0.29, 0.717) is 35.7 Å². The molecule has 0 unspecified atom stereocenters. The Balaban J connectivity index is 2.15. The zero-order valence-corrected chi connectivity index (χ0v) is 11.8. The first-order valence-electron chi connectivity index (χ1n) is 6.44. The van der Waals surface area contributed by atoms with E-state index in [4.69, 9.17) is 11.6 Å². The molecule has 1 fully saturated rings. The quantitative estimate of drug-likeness (QED) is 0.895. The Kier molecular flexibility index (Phi) is 4.46. The first-order valence-corrected chi connectivity index (χ1v) is 6.82. The van der Waals surface area contributed by atoms with Crippen molar-refractivity contribution < 1.29 is 14.6 Å². The first-order chi connectivity index (χ1) is 8.95. The largest absolute Gasteiger partial charge is 0.393 e. The number of aliphatic hydroxyl groups excluding tert-OH is 1. The molecular formula is C14H19ClFNO2. The van der Waals surface area contributed by atoms with Gasteiger partial charge in [-0.2, -0.15) is 0 Å². The lowest BCUT2D eigenvalue weighted by molar-refractivity contribution is -0.0688. The van der Waals surface area contributed by atoms with Crippen LogP contribution >= 0.6 is 11.6 Å². The van der Waals surface area contributed by atoms with Crippen LogP contribution in [-0.2, 0) is 6.54 Å². The van der Waals surface area contributed by atoms with Crippen molar-refractivity contribution in [2.45, 2.75) is 31.9 Å². The maximum Gasteiger partial charge on any atom is 0.132 e. The van der Waals surface area contributed by atoms with Gasteiger partial charge in [0.05, 0.1) is 6.61 Å². The number of benzene rings is 1. The summed E-state index contributed by atoms with van der Waals surface area (Å²) in [5.74, 6) is -0.286. The third kappa shape index (κ3) is 3.26. The monoisotopic (exact) mass is 287 g/mol.